The molecule has 2 amide bonds. The first kappa shape index (κ1) is 17.3. The number of benzene rings is 1. The fourth-order valence-corrected chi connectivity index (χ4v) is 2.99. The average Bonchev–Trinajstić information content (AvgIpc) is 2.55. The first-order valence-corrected chi connectivity index (χ1v) is 8.38. The molecule has 0 saturated carbocycles. The van der Waals surface area contributed by atoms with Crippen LogP contribution in [0.1, 0.15) is 51.1 Å². The molecule has 1 saturated heterocycles. The summed E-state index contributed by atoms with van der Waals surface area (Å²) in [7, 11) is 0. The molecule has 5 nitrogen and oxygen atoms in total. The summed E-state index contributed by atoms with van der Waals surface area (Å²) in [6.07, 6.45) is 3.58. The monoisotopic (exact) mass is 318 g/mol. The van der Waals surface area contributed by atoms with Gasteiger partial charge in [-0.2, -0.15) is 0 Å². The number of nitrogens with zero attached hydrogens (tertiary/aromatic N) is 1. The molecule has 1 fully saturated rings. The lowest BCUT2D eigenvalue weighted by Gasteiger charge is -2.29. The summed E-state index contributed by atoms with van der Waals surface area (Å²) in [5, 5.41) is 2.90. The second kappa shape index (κ2) is 8.56. The van der Waals surface area contributed by atoms with Crippen molar-refractivity contribution < 1.29 is 14.3 Å². The van der Waals surface area contributed by atoms with Crippen LogP contribution in [0.3, 0.4) is 0 Å². The van der Waals surface area contributed by atoms with Gasteiger partial charge in [-0.3, -0.25) is 9.59 Å². The van der Waals surface area contributed by atoms with E-state index in [1.54, 1.807) is 0 Å². The van der Waals surface area contributed by atoms with Gasteiger partial charge in [0.2, 0.25) is 11.8 Å². The van der Waals surface area contributed by atoms with E-state index in [4.69, 9.17) is 4.74 Å². The molecule has 1 aliphatic heterocycles. The van der Waals surface area contributed by atoms with Crippen LogP contribution in [-0.2, 0) is 9.59 Å². The molecule has 1 aromatic rings. The smallest absolute Gasteiger partial charge is 0.224 e. The van der Waals surface area contributed by atoms with E-state index in [0.717, 1.165) is 37.2 Å². The third kappa shape index (κ3) is 4.98. The first-order chi connectivity index (χ1) is 11.1. The molecule has 0 bridgehead atoms. The molecule has 0 aromatic heterocycles. The Labute approximate surface area is 138 Å². The summed E-state index contributed by atoms with van der Waals surface area (Å²) in [5.41, 5.74) is 0.856. The van der Waals surface area contributed by atoms with Crippen LogP contribution >= 0.6 is 0 Å². The number of amides is 2. The summed E-state index contributed by atoms with van der Waals surface area (Å²) in [4.78, 5) is 26.0. The highest BCUT2D eigenvalue weighted by molar-refractivity contribution is 5.79. The third-order valence-corrected chi connectivity index (χ3v) is 4.06. The number of likely N-dealkylation sites (tertiary alicyclic amines) is 1. The normalized spacial score (nSPS) is 15.8. The van der Waals surface area contributed by atoms with Crippen LogP contribution in [-0.4, -0.2) is 36.4 Å². The molecule has 23 heavy (non-hydrogen) atoms. The van der Waals surface area contributed by atoms with Gasteiger partial charge in [-0.1, -0.05) is 18.2 Å². The number of nitrogens with one attached hydrogen (secondary N) is 1. The highest BCUT2D eigenvalue weighted by atomic mass is 16.5. The topological polar surface area (TPSA) is 58.6 Å². The number of piperidine rings is 1. The van der Waals surface area contributed by atoms with Gasteiger partial charge in [-0.15, -0.1) is 0 Å². The van der Waals surface area contributed by atoms with Gasteiger partial charge in [-0.25, -0.2) is 0 Å². The van der Waals surface area contributed by atoms with Crippen molar-refractivity contribution in [1.82, 2.24) is 10.2 Å². The Kier molecular flexibility index (Phi) is 6.44. The fourth-order valence-electron chi connectivity index (χ4n) is 2.99. The maximum Gasteiger partial charge on any atom is 0.224 e. The molecular formula is C18H26N2O3. The van der Waals surface area contributed by atoms with Crippen LogP contribution in [0.5, 0.6) is 5.75 Å². The molecule has 0 aliphatic carbocycles. The first-order valence-electron chi connectivity index (χ1n) is 8.38. The van der Waals surface area contributed by atoms with Crippen molar-refractivity contribution in [3.8, 4) is 5.75 Å². The minimum atomic E-state index is -0.357. The maximum atomic E-state index is 12.6. The van der Waals surface area contributed by atoms with E-state index >= 15 is 0 Å². The second-order valence-electron chi connectivity index (χ2n) is 5.87. The molecule has 1 atom stereocenters. The molecule has 1 N–H and O–H groups in total. The molecule has 0 spiro atoms. The molecule has 0 radical (unpaired) electrons. The average molecular weight is 318 g/mol. The van der Waals surface area contributed by atoms with Crippen LogP contribution in [0.25, 0.3) is 0 Å². The van der Waals surface area contributed by atoms with Gasteiger partial charge in [0.15, 0.2) is 0 Å². The van der Waals surface area contributed by atoms with Gasteiger partial charge in [0.05, 0.1) is 19.1 Å². The highest BCUT2D eigenvalue weighted by Crippen LogP contribution is 2.28. The van der Waals surface area contributed by atoms with Crippen molar-refractivity contribution in [2.24, 2.45) is 0 Å². The summed E-state index contributed by atoms with van der Waals surface area (Å²) < 4.78 is 5.65. The molecule has 1 aromatic carbocycles. The quantitative estimate of drug-likeness (QED) is 0.877. The molecule has 126 valence electrons. The van der Waals surface area contributed by atoms with Crippen LogP contribution in [0.4, 0.5) is 0 Å². The number of carbonyl (C=O) groups excluding carboxylic acids is 2. The fraction of sp³-hybridized carbons (Fsp3) is 0.556. The van der Waals surface area contributed by atoms with Crippen LogP contribution < -0.4 is 10.1 Å². The van der Waals surface area contributed by atoms with E-state index in [1.807, 2.05) is 36.1 Å². The Bertz CT molecular complexity index is 539. The Morgan fingerprint density at radius 3 is 2.57 bits per heavy atom. The zero-order valence-corrected chi connectivity index (χ0v) is 14.0. The largest absolute Gasteiger partial charge is 0.494 e. The van der Waals surface area contributed by atoms with E-state index in [9.17, 15) is 9.59 Å². The molecule has 0 unspecified atom stereocenters. The van der Waals surface area contributed by atoms with E-state index in [-0.39, 0.29) is 24.3 Å². The number of rotatable bonds is 6. The number of hydrogen-bond donors (Lipinski definition) is 1. The van der Waals surface area contributed by atoms with E-state index in [0.29, 0.717) is 6.61 Å². The van der Waals surface area contributed by atoms with Crippen molar-refractivity contribution in [3.63, 3.8) is 0 Å². The van der Waals surface area contributed by atoms with Crippen LogP contribution in [0, 0.1) is 0 Å². The van der Waals surface area contributed by atoms with Crippen molar-refractivity contribution in [2.45, 2.75) is 45.6 Å². The highest BCUT2D eigenvalue weighted by Gasteiger charge is 2.24. The summed E-state index contributed by atoms with van der Waals surface area (Å²) >= 11 is 0. The van der Waals surface area contributed by atoms with Gasteiger partial charge in [0, 0.05) is 25.6 Å². The van der Waals surface area contributed by atoms with Gasteiger partial charge in [-0.05, 0) is 32.3 Å². The summed E-state index contributed by atoms with van der Waals surface area (Å²) in [6, 6.07) is 7.22. The van der Waals surface area contributed by atoms with Gasteiger partial charge >= 0.3 is 0 Å². The summed E-state index contributed by atoms with van der Waals surface area (Å²) in [5.74, 6) is 0.669. The van der Waals surface area contributed by atoms with Gasteiger partial charge in [0.25, 0.3) is 0 Å². The van der Waals surface area contributed by atoms with E-state index in [2.05, 4.69) is 5.32 Å². The lowest BCUT2D eigenvalue weighted by molar-refractivity contribution is -0.132. The Morgan fingerprint density at radius 1 is 1.22 bits per heavy atom. The van der Waals surface area contributed by atoms with Crippen molar-refractivity contribution in [1.29, 1.82) is 0 Å². The predicted octanol–water partition coefficient (Wildman–Crippen LogP) is 2.67. The third-order valence-electron chi connectivity index (χ3n) is 4.06. The minimum Gasteiger partial charge on any atom is -0.494 e. The molecular weight excluding hydrogens is 292 g/mol. The number of carbonyl (C=O) groups is 2. The Balaban J connectivity index is 2.16. The zero-order chi connectivity index (χ0) is 16.7. The van der Waals surface area contributed by atoms with Crippen molar-refractivity contribution in [3.05, 3.63) is 29.8 Å². The second-order valence-corrected chi connectivity index (χ2v) is 5.87. The molecule has 1 aliphatic rings. The van der Waals surface area contributed by atoms with Crippen LogP contribution in [0.15, 0.2) is 24.3 Å². The Hall–Kier alpha value is -2.04. The predicted molar refractivity (Wildman–Crippen MR) is 89.2 cm³/mol. The van der Waals surface area contributed by atoms with Gasteiger partial charge in [0.1, 0.15) is 5.75 Å². The van der Waals surface area contributed by atoms with Crippen molar-refractivity contribution >= 4 is 11.8 Å². The lowest BCUT2D eigenvalue weighted by atomic mass is 10.0. The van der Waals surface area contributed by atoms with Gasteiger partial charge < -0.3 is 15.0 Å². The maximum absolute atomic E-state index is 12.6. The molecule has 2 rings (SSSR count). The van der Waals surface area contributed by atoms with Crippen molar-refractivity contribution in [2.75, 3.05) is 19.7 Å². The van der Waals surface area contributed by atoms with E-state index < -0.39 is 0 Å². The SMILES string of the molecule is CCOc1ccccc1[C@@H](CC(=O)N1CCCCC1)NC(C)=O. The Morgan fingerprint density at radius 2 is 1.91 bits per heavy atom. The lowest BCUT2D eigenvalue weighted by Crippen LogP contribution is -2.38. The number of para-hydroxylation sites is 1. The molecule has 5 heteroatoms. The van der Waals surface area contributed by atoms with E-state index in [1.165, 1.54) is 13.3 Å². The number of hydrogen-bond acceptors (Lipinski definition) is 3. The van der Waals surface area contributed by atoms with Crippen LogP contribution in [0.2, 0.25) is 0 Å². The summed E-state index contributed by atoms with van der Waals surface area (Å²) in [6.45, 7) is 5.58. The number of ether oxygens (including phenoxy) is 1. The molecule has 1 heterocycles. The standard InChI is InChI=1S/C18H26N2O3/c1-3-23-17-10-6-5-9-15(17)16(19-14(2)21)13-18(22)20-11-7-4-8-12-20/h5-6,9-10,16H,3-4,7-8,11-13H2,1-2H3,(H,19,21)/t16-/m1/s1. The zero-order valence-electron chi connectivity index (χ0n) is 14.0. The minimum absolute atomic E-state index is 0.0924.